The van der Waals surface area contributed by atoms with Gasteiger partial charge in [-0.15, -0.1) is 0 Å². The molecule has 2 N–H and O–H groups in total. The number of hydrogen-bond donors (Lipinski definition) is 2. The summed E-state index contributed by atoms with van der Waals surface area (Å²) in [5.41, 5.74) is 0.828. The van der Waals surface area contributed by atoms with E-state index in [4.69, 9.17) is 14.7 Å². The molecule has 2 amide bonds. The first-order chi connectivity index (χ1) is 16.1. The molecule has 0 aliphatic rings. The molecule has 0 saturated heterocycles. The number of rotatable bonds is 7. The summed E-state index contributed by atoms with van der Waals surface area (Å²) in [6.45, 7) is 8.78. The quantitative estimate of drug-likeness (QED) is 0.427. The monoisotopic (exact) mass is 550 g/mol. The van der Waals surface area contributed by atoms with Crippen molar-refractivity contribution in [2.75, 3.05) is 0 Å². The Morgan fingerprint density at radius 3 is 2.66 bits per heavy atom. The Labute approximate surface area is 230 Å². The number of hydrogen-bond acceptors (Lipinski definition) is 6. The summed E-state index contributed by atoms with van der Waals surface area (Å²) in [7, 11) is 3.64. The summed E-state index contributed by atoms with van der Waals surface area (Å²) in [6, 6.07) is 10.7. The number of amides is 2. The van der Waals surface area contributed by atoms with Crippen molar-refractivity contribution in [3.63, 3.8) is 0 Å². The van der Waals surface area contributed by atoms with Crippen molar-refractivity contribution in [1.82, 2.24) is 20.2 Å². The van der Waals surface area contributed by atoms with Crippen LogP contribution in [0.4, 0.5) is 4.79 Å². The second-order valence-corrected chi connectivity index (χ2v) is 8.65. The number of nitriles is 1. The van der Waals surface area contributed by atoms with E-state index in [2.05, 4.69) is 29.3 Å². The van der Waals surface area contributed by atoms with E-state index >= 15 is 0 Å². The van der Waals surface area contributed by atoms with Crippen LogP contribution in [0.15, 0.2) is 48.8 Å². The number of aromatic nitrogens is 2. The summed E-state index contributed by atoms with van der Waals surface area (Å²) in [5.74, 6) is 0.447. The molecule has 10 heteroatoms. The molecule has 181 valence electrons. The Morgan fingerprint density at radius 1 is 1.29 bits per heavy atom. The minimum atomic E-state index is -1.04. The first kappa shape index (κ1) is 28.3. The van der Waals surface area contributed by atoms with E-state index in [-0.39, 0.29) is 39.1 Å². The number of aromatic amines is 1. The van der Waals surface area contributed by atoms with Crippen LogP contribution in [0.5, 0.6) is 11.6 Å². The van der Waals surface area contributed by atoms with Crippen LogP contribution in [-0.2, 0) is 48.7 Å². The number of fused-ring (bicyclic) bond motifs is 1. The van der Waals surface area contributed by atoms with Crippen LogP contribution in [0.1, 0.15) is 26.3 Å². The minimum Gasteiger partial charge on any atom is -0.505 e. The molecule has 1 radical (unpaired) electrons. The van der Waals surface area contributed by atoms with Crippen LogP contribution < -0.4 is 10.1 Å². The summed E-state index contributed by atoms with van der Waals surface area (Å²) < 4.78 is 11.1. The standard InChI is InChI=1S/C25H27N5O4.Y/c1-16(14-26)30(5)23(31)21(29-24(32)34-25(2,3)4)12-17-15-28-20-10-9-18(13-19(17)20)33-22-8-6-7-11-27-22;/h6-11,13,15-16,21,28H,1,5,12H2,2-4H3,(H,29,32);/q-2;. The zero-order valence-electron chi connectivity index (χ0n) is 19.9. The average Bonchev–Trinajstić information content (AvgIpc) is 3.18. The van der Waals surface area contributed by atoms with Gasteiger partial charge in [-0.3, -0.25) is 11.8 Å². The second-order valence-electron chi connectivity index (χ2n) is 8.65. The van der Waals surface area contributed by atoms with E-state index in [0.29, 0.717) is 11.6 Å². The Morgan fingerprint density at radius 2 is 2.03 bits per heavy atom. The maximum absolute atomic E-state index is 13.1. The molecular formula is C25H27N5O4Y-2. The van der Waals surface area contributed by atoms with Crippen molar-refractivity contribution in [3.8, 4) is 17.7 Å². The summed E-state index contributed by atoms with van der Waals surface area (Å²) in [5, 5.41) is 12.5. The Hall–Kier alpha value is -2.96. The van der Waals surface area contributed by atoms with Gasteiger partial charge < -0.3 is 31.6 Å². The van der Waals surface area contributed by atoms with Crippen LogP contribution in [0.2, 0.25) is 0 Å². The first-order valence-corrected chi connectivity index (χ1v) is 10.6. The number of benzene rings is 1. The molecule has 0 bridgehead atoms. The van der Waals surface area contributed by atoms with Crippen LogP contribution in [0, 0.1) is 25.3 Å². The van der Waals surface area contributed by atoms with Gasteiger partial charge in [0.05, 0.1) is 6.07 Å². The van der Waals surface area contributed by atoms with Gasteiger partial charge in [0.25, 0.3) is 0 Å². The van der Waals surface area contributed by atoms with Gasteiger partial charge >= 0.3 is 6.09 Å². The molecule has 2 aromatic heterocycles. The zero-order chi connectivity index (χ0) is 24.9. The fourth-order valence-electron chi connectivity index (χ4n) is 3.21. The molecule has 0 spiro atoms. The topological polar surface area (TPSA) is 120 Å². The van der Waals surface area contributed by atoms with Crippen LogP contribution >= 0.6 is 0 Å². The molecule has 2 atom stereocenters. The van der Waals surface area contributed by atoms with Crippen LogP contribution in [-0.4, -0.2) is 44.6 Å². The van der Waals surface area contributed by atoms with Crippen molar-refractivity contribution in [2.45, 2.75) is 44.9 Å². The largest absolute Gasteiger partial charge is 0.505 e. The number of carbonyl (C=O) groups is 2. The van der Waals surface area contributed by atoms with E-state index in [1.165, 1.54) is 0 Å². The summed E-state index contributed by atoms with van der Waals surface area (Å²) >= 11 is 0. The molecule has 0 aliphatic carbocycles. The normalized spacial score (nSPS) is 12.6. The molecule has 2 unspecified atom stereocenters. The molecule has 2 heterocycles. The molecule has 3 aromatic rings. The first-order valence-electron chi connectivity index (χ1n) is 10.6. The number of pyridine rings is 1. The maximum atomic E-state index is 13.1. The van der Waals surface area contributed by atoms with Crippen LogP contribution in [0.25, 0.3) is 10.9 Å². The number of nitrogens with zero attached hydrogens (tertiary/aromatic N) is 3. The van der Waals surface area contributed by atoms with E-state index in [1.807, 2.05) is 24.3 Å². The predicted octanol–water partition coefficient (Wildman–Crippen LogP) is 4.13. The molecule has 9 nitrogen and oxygen atoms in total. The second kappa shape index (κ2) is 12.1. The minimum absolute atomic E-state index is 0. The van der Waals surface area contributed by atoms with Gasteiger partial charge in [0.2, 0.25) is 11.8 Å². The maximum Gasteiger partial charge on any atom is 0.408 e. The van der Waals surface area contributed by atoms with Crippen LogP contribution in [0.3, 0.4) is 0 Å². The van der Waals surface area contributed by atoms with Crippen molar-refractivity contribution in [2.24, 2.45) is 0 Å². The van der Waals surface area contributed by atoms with Gasteiger partial charge in [-0.2, -0.15) is 5.26 Å². The van der Waals surface area contributed by atoms with Gasteiger partial charge in [0.15, 0.2) is 0 Å². The molecule has 1 aromatic carbocycles. The van der Waals surface area contributed by atoms with Crippen molar-refractivity contribution >= 4 is 22.9 Å². The molecule has 0 fully saturated rings. The van der Waals surface area contributed by atoms with Gasteiger partial charge in [0, 0.05) is 68.5 Å². The van der Waals surface area contributed by atoms with Crippen molar-refractivity contribution < 1.29 is 51.8 Å². The van der Waals surface area contributed by atoms with E-state index in [0.717, 1.165) is 21.4 Å². The molecule has 3 rings (SSSR count). The van der Waals surface area contributed by atoms with Gasteiger partial charge in [-0.25, -0.2) is 9.78 Å². The molecule has 35 heavy (non-hydrogen) atoms. The smallest absolute Gasteiger partial charge is 0.408 e. The van der Waals surface area contributed by atoms with Gasteiger partial charge in [-0.05, 0) is 56.6 Å². The van der Waals surface area contributed by atoms with E-state index in [1.54, 1.807) is 51.4 Å². The Kier molecular flexibility index (Phi) is 9.81. The number of carbonyl (C=O) groups excluding carboxylic acids is 2. The fraction of sp³-hybridized carbons (Fsp3) is 0.280. The number of ether oxygens (including phenoxy) is 2. The Balaban J connectivity index is 0.00000432. The summed E-state index contributed by atoms with van der Waals surface area (Å²) in [6.07, 6.45) is 2.76. The van der Waals surface area contributed by atoms with Gasteiger partial charge in [0.1, 0.15) is 17.4 Å². The number of H-pyrrole nitrogens is 1. The fourth-order valence-corrected chi connectivity index (χ4v) is 3.21. The van der Waals surface area contributed by atoms with Crippen molar-refractivity contribution in [1.29, 1.82) is 5.26 Å². The number of alkyl carbamates (subject to hydrolysis) is 1. The van der Waals surface area contributed by atoms with E-state index < -0.39 is 29.7 Å². The number of nitrogens with one attached hydrogen (secondary N) is 2. The molecule has 0 saturated carbocycles. The zero-order valence-corrected chi connectivity index (χ0v) is 22.8. The Bertz CT molecular complexity index is 1200. The molecule has 0 aliphatic heterocycles. The summed E-state index contributed by atoms with van der Waals surface area (Å²) in [4.78, 5) is 33.8. The van der Waals surface area contributed by atoms with E-state index in [9.17, 15) is 9.59 Å². The SMILES string of the molecule is [CH2-]C(C#N)N([CH2-])C(=O)C(Cc1c[nH]c2ccc(Oc3ccccn3)cc12)NC(=O)OC(C)(C)C.[Y]. The third kappa shape index (κ3) is 7.77. The third-order valence-electron chi connectivity index (χ3n) is 4.82. The van der Waals surface area contributed by atoms with Gasteiger partial charge in [-0.1, -0.05) is 6.07 Å². The van der Waals surface area contributed by atoms with Crippen molar-refractivity contribution in [3.05, 3.63) is 68.3 Å². The predicted molar refractivity (Wildman–Crippen MR) is 126 cm³/mol. The molecular weight excluding hydrogens is 523 g/mol. The third-order valence-corrected chi connectivity index (χ3v) is 4.82. The average molecular weight is 550 g/mol.